The van der Waals surface area contributed by atoms with Crippen molar-refractivity contribution in [3.05, 3.63) is 6.42 Å². The highest BCUT2D eigenvalue weighted by molar-refractivity contribution is 4.89. The van der Waals surface area contributed by atoms with Crippen LogP contribution in [0.25, 0.3) is 0 Å². The molecule has 0 aromatic carbocycles. The van der Waals surface area contributed by atoms with E-state index in [9.17, 15) is 5.11 Å². The molecule has 0 spiro atoms. The van der Waals surface area contributed by atoms with Gasteiger partial charge in [-0.1, -0.05) is 20.8 Å². The molecule has 0 aromatic rings. The highest BCUT2D eigenvalue weighted by Gasteiger charge is 2.29. The van der Waals surface area contributed by atoms with Crippen LogP contribution in [0.5, 0.6) is 0 Å². The Morgan fingerprint density at radius 2 is 2.00 bits per heavy atom. The fourth-order valence-electron chi connectivity index (χ4n) is 1.78. The van der Waals surface area contributed by atoms with Crippen LogP contribution in [0.2, 0.25) is 0 Å². The molecule has 1 aliphatic rings. The fourth-order valence-corrected chi connectivity index (χ4v) is 1.78. The Morgan fingerprint density at radius 3 is 2.36 bits per heavy atom. The van der Waals surface area contributed by atoms with Crippen molar-refractivity contribution >= 4 is 0 Å². The van der Waals surface area contributed by atoms with E-state index in [1.807, 2.05) is 6.42 Å². The second-order valence-corrected chi connectivity index (χ2v) is 4.68. The monoisotopic (exact) mass is 155 g/mol. The van der Waals surface area contributed by atoms with Gasteiger partial charge in [-0.3, -0.25) is 0 Å². The Hall–Kier alpha value is -0.0400. The lowest BCUT2D eigenvalue weighted by molar-refractivity contribution is 0.0917. The molecule has 65 valence electrons. The van der Waals surface area contributed by atoms with Crippen molar-refractivity contribution in [3.8, 4) is 0 Å². The first-order valence-corrected chi connectivity index (χ1v) is 4.51. The van der Waals surface area contributed by atoms with Gasteiger partial charge in [-0.2, -0.15) is 0 Å². The third-order valence-corrected chi connectivity index (χ3v) is 2.70. The van der Waals surface area contributed by atoms with Crippen LogP contribution in [0, 0.1) is 17.8 Å². The van der Waals surface area contributed by atoms with E-state index in [-0.39, 0.29) is 6.10 Å². The van der Waals surface area contributed by atoms with Gasteiger partial charge in [0.1, 0.15) is 0 Å². The topological polar surface area (TPSA) is 20.2 Å². The van der Waals surface area contributed by atoms with Gasteiger partial charge in [0, 0.05) is 0 Å². The Balaban J connectivity index is 2.46. The van der Waals surface area contributed by atoms with Gasteiger partial charge >= 0.3 is 0 Å². The van der Waals surface area contributed by atoms with E-state index in [1.54, 1.807) is 0 Å². The third kappa shape index (κ3) is 2.48. The Kier molecular flexibility index (Phi) is 2.58. The van der Waals surface area contributed by atoms with E-state index in [0.717, 1.165) is 12.8 Å². The zero-order valence-electron chi connectivity index (χ0n) is 7.80. The minimum atomic E-state index is -0.145. The summed E-state index contributed by atoms with van der Waals surface area (Å²) in [5.74, 6) is 0.697. The van der Waals surface area contributed by atoms with Gasteiger partial charge in [-0.25, -0.2) is 0 Å². The molecule has 0 heterocycles. The maximum Gasteiger partial charge on any atom is 0.0574 e. The summed E-state index contributed by atoms with van der Waals surface area (Å²) < 4.78 is 0. The highest BCUT2D eigenvalue weighted by Crippen LogP contribution is 2.37. The first kappa shape index (κ1) is 9.05. The highest BCUT2D eigenvalue weighted by atomic mass is 16.3. The van der Waals surface area contributed by atoms with Gasteiger partial charge in [0.25, 0.3) is 0 Å². The number of hydrogen-bond donors (Lipinski definition) is 1. The minimum absolute atomic E-state index is 0.145. The molecule has 2 unspecified atom stereocenters. The molecule has 1 saturated carbocycles. The summed E-state index contributed by atoms with van der Waals surface area (Å²) in [5, 5.41) is 9.39. The van der Waals surface area contributed by atoms with Gasteiger partial charge in [0.05, 0.1) is 6.10 Å². The molecule has 0 amide bonds. The normalized spacial score (nSPS) is 33.8. The molecular formula is C10H19O. The van der Waals surface area contributed by atoms with Gasteiger partial charge in [0.2, 0.25) is 0 Å². The van der Waals surface area contributed by atoms with Crippen LogP contribution in [0.4, 0.5) is 0 Å². The van der Waals surface area contributed by atoms with Gasteiger partial charge in [0.15, 0.2) is 0 Å². The second-order valence-electron chi connectivity index (χ2n) is 4.68. The molecular weight excluding hydrogens is 136 g/mol. The van der Waals surface area contributed by atoms with Gasteiger partial charge in [-0.15, -0.1) is 0 Å². The molecule has 1 rings (SSSR count). The van der Waals surface area contributed by atoms with Gasteiger partial charge < -0.3 is 5.11 Å². The lowest BCUT2D eigenvalue weighted by atomic mass is 9.72. The van der Waals surface area contributed by atoms with E-state index in [1.165, 1.54) is 6.42 Å². The van der Waals surface area contributed by atoms with Crippen LogP contribution in [0.3, 0.4) is 0 Å². The van der Waals surface area contributed by atoms with Crippen molar-refractivity contribution < 1.29 is 5.11 Å². The summed E-state index contributed by atoms with van der Waals surface area (Å²) in [5.41, 5.74) is 0.370. The Labute approximate surface area is 69.8 Å². The fraction of sp³-hybridized carbons (Fsp3) is 0.900. The maximum atomic E-state index is 9.39. The molecule has 1 nitrogen and oxygen atoms in total. The van der Waals surface area contributed by atoms with E-state index in [0.29, 0.717) is 11.3 Å². The van der Waals surface area contributed by atoms with E-state index < -0.39 is 0 Å². The molecule has 0 saturated heterocycles. The summed E-state index contributed by atoms with van der Waals surface area (Å²) in [7, 11) is 0. The van der Waals surface area contributed by atoms with Crippen molar-refractivity contribution in [2.45, 2.75) is 46.1 Å². The smallest absolute Gasteiger partial charge is 0.0574 e. The molecule has 1 fully saturated rings. The van der Waals surface area contributed by atoms with Gasteiger partial charge in [-0.05, 0) is 37.0 Å². The number of aliphatic hydroxyl groups excluding tert-OH is 1. The average Bonchev–Trinajstić information content (AvgIpc) is 1.86. The summed E-state index contributed by atoms with van der Waals surface area (Å²) in [4.78, 5) is 0. The van der Waals surface area contributed by atoms with E-state index in [2.05, 4.69) is 20.8 Å². The van der Waals surface area contributed by atoms with Crippen LogP contribution < -0.4 is 0 Å². The number of rotatable bonds is 0. The predicted molar refractivity (Wildman–Crippen MR) is 47.1 cm³/mol. The molecule has 11 heavy (non-hydrogen) atoms. The molecule has 1 heteroatoms. The standard InChI is InChI=1S/C10H19O/c1-10(2,3)8-5-4-6-9(11)7-8/h6,8-9,11H,4-5,7H2,1-3H3. The van der Waals surface area contributed by atoms with Crippen LogP contribution in [0.1, 0.15) is 40.0 Å². The van der Waals surface area contributed by atoms with E-state index in [4.69, 9.17) is 0 Å². The summed E-state index contributed by atoms with van der Waals surface area (Å²) in [6.07, 6.45) is 5.18. The summed E-state index contributed by atoms with van der Waals surface area (Å²) >= 11 is 0. The first-order valence-electron chi connectivity index (χ1n) is 4.51. The summed E-state index contributed by atoms with van der Waals surface area (Å²) in [6.45, 7) is 6.78. The lowest BCUT2D eigenvalue weighted by Crippen LogP contribution is -2.29. The minimum Gasteiger partial charge on any atom is -0.393 e. The molecule has 2 atom stereocenters. The van der Waals surface area contributed by atoms with Crippen molar-refractivity contribution in [2.24, 2.45) is 11.3 Å². The Bertz CT molecular complexity index is 123. The number of hydrogen-bond acceptors (Lipinski definition) is 1. The third-order valence-electron chi connectivity index (χ3n) is 2.70. The SMILES string of the molecule is CC(C)(C)C1CC[CH]C(O)C1. The van der Waals surface area contributed by atoms with Crippen molar-refractivity contribution in [2.75, 3.05) is 0 Å². The maximum absolute atomic E-state index is 9.39. The van der Waals surface area contributed by atoms with E-state index >= 15 is 0 Å². The quantitative estimate of drug-likeness (QED) is 0.569. The van der Waals surface area contributed by atoms with Crippen molar-refractivity contribution in [1.29, 1.82) is 0 Å². The van der Waals surface area contributed by atoms with Crippen LogP contribution in [0.15, 0.2) is 0 Å². The largest absolute Gasteiger partial charge is 0.393 e. The molecule has 1 radical (unpaired) electrons. The average molecular weight is 155 g/mol. The zero-order chi connectivity index (χ0) is 8.48. The van der Waals surface area contributed by atoms with Crippen LogP contribution >= 0.6 is 0 Å². The van der Waals surface area contributed by atoms with Crippen molar-refractivity contribution in [1.82, 2.24) is 0 Å². The van der Waals surface area contributed by atoms with Crippen LogP contribution in [-0.4, -0.2) is 11.2 Å². The molecule has 0 aromatic heterocycles. The zero-order valence-corrected chi connectivity index (χ0v) is 7.80. The van der Waals surface area contributed by atoms with Crippen molar-refractivity contribution in [3.63, 3.8) is 0 Å². The number of aliphatic hydroxyl groups is 1. The van der Waals surface area contributed by atoms with Crippen LogP contribution in [-0.2, 0) is 0 Å². The molecule has 1 aliphatic carbocycles. The summed E-state index contributed by atoms with van der Waals surface area (Å²) in [6, 6.07) is 0. The second kappa shape index (κ2) is 3.14. The lowest BCUT2D eigenvalue weighted by Gasteiger charge is -2.35. The predicted octanol–water partition coefficient (Wildman–Crippen LogP) is 2.40. The first-order chi connectivity index (χ1) is 5.00. The molecule has 0 aliphatic heterocycles. The molecule has 0 bridgehead atoms. The molecule has 1 N–H and O–H groups in total. The Morgan fingerprint density at radius 1 is 1.36 bits per heavy atom.